The number of hydrogen-bond acceptors (Lipinski definition) is 3. The molecule has 2 amide bonds. The maximum atomic E-state index is 12.1. The average Bonchev–Trinajstić information content (AvgIpc) is 2.63. The van der Waals surface area contributed by atoms with Gasteiger partial charge in [-0.05, 0) is 37.1 Å². The average molecular weight is 370 g/mol. The number of rotatable bonds is 8. The van der Waals surface area contributed by atoms with Gasteiger partial charge in [-0.2, -0.15) is 0 Å². The third kappa shape index (κ3) is 6.42. The molecule has 1 unspecified atom stereocenters. The fraction of sp³-hybridized carbons (Fsp3) is 0.333. The molecular weight excluding hydrogens is 342 g/mol. The molecule has 0 aliphatic carbocycles. The standard InChI is InChI=1S/C21H27N3O3/c1-15-7-5-8-16(2)21(15)23-19(25)12-22-20(26)14-24(3)13-17-9-6-10-18(11-17)27-4/h5-11H,12-14H2,1-4H3,(H,22,26)(H,23,25)/p+1. The molecule has 6 nitrogen and oxygen atoms in total. The van der Waals surface area contributed by atoms with Gasteiger partial charge in [-0.15, -0.1) is 0 Å². The van der Waals surface area contributed by atoms with Crippen LogP contribution < -0.4 is 20.3 Å². The molecule has 0 spiro atoms. The second kappa shape index (κ2) is 9.73. The van der Waals surface area contributed by atoms with Gasteiger partial charge in [0.2, 0.25) is 5.91 Å². The van der Waals surface area contributed by atoms with E-state index in [1.807, 2.05) is 63.4 Å². The molecule has 6 heteroatoms. The summed E-state index contributed by atoms with van der Waals surface area (Å²) in [6.07, 6.45) is 0. The number of nitrogens with one attached hydrogen (secondary N) is 3. The van der Waals surface area contributed by atoms with Crippen molar-refractivity contribution >= 4 is 17.5 Å². The van der Waals surface area contributed by atoms with E-state index in [9.17, 15) is 9.59 Å². The van der Waals surface area contributed by atoms with E-state index in [2.05, 4.69) is 10.6 Å². The Labute approximate surface area is 160 Å². The van der Waals surface area contributed by atoms with Gasteiger partial charge in [0.1, 0.15) is 12.3 Å². The van der Waals surface area contributed by atoms with Crippen molar-refractivity contribution in [1.29, 1.82) is 0 Å². The van der Waals surface area contributed by atoms with Gasteiger partial charge in [0, 0.05) is 11.3 Å². The molecule has 0 radical (unpaired) electrons. The van der Waals surface area contributed by atoms with Crippen LogP contribution in [0.1, 0.15) is 16.7 Å². The number of carbonyl (C=O) groups is 2. The molecule has 0 saturated carbocycles. The number of para-hydroxylation sites is 1. The number of aryl methyl sites for hydroxylation is 2. The van der Waals surface area contributed by atoms with Crippen LogP contribution in [0.4, 0.5) is 5.69 Å². The van der Waals surface area contributed by atoms with E-state index in [1.165, 1.54) is 0 Å². The molecule has 0 saturated heterocycles. The van der Waals surface area contributed by atoms with E-state index in [1.54, 1.807) is 7.11 Å². The monoisotopic (exact) mass is 370 g/mol. The quantitative estimate of drug-likeness (QED) is 0.651. The Morgan fingerprint density at radius 2 is 1.70 bits per heavy atom. The third-order valence-electron chi connectivity index (χ3n) is 4.29. The van der Waals surface area contributed by atoms with Gasteiger partial charge in [-0.1, -0.05) is 30.3 Å². The first kappa shape index (κ1) is 20.5. The maximum absolute atomic E-state index is 12.1. The van der Waals surface area contributed by atoms with E-state index in [0.717, 1.165) is 33.0 Å². The van der Waals surface area contributed by atoms with Gasteiger partial charge >= 0.3 is 0 Å². The molecule has 2 aromatic rings. The molecule has 0 aliphatic rings. The minimum Gasteiger partial charge on any atom is -0.497 e. The van der Waals surface area contributed by atoms with Crippen molar-refractivity contribution in [3.8, 4) is 5.75 Å². The fourth-order valence-electron chi connectivity index (χ4n) is 2.90. The van der Waals surface area contributed by atoms with Crippen LogP contribution in [-0.2, 0) is 16.1 Å². The summed E-state index contributed by atoms with van der Waals surface area (Å²) in [7, 11) is 3.57. The molecule has 144 valence electrons. The van der Waals surface area contributed by atoms with Crippen molar-refractivity contribution in [2.24, 2.45) is 0 Å². The maximum Gasteiger partial charge on any atom is 0.275 e. The lowest BCUT2D eigenvalue weighted by Gasteiger charge is -2.15. The van der Waals surface area contributed by atoms with Crippen molar-refractivity contribution < 1.29 is 19.2 Å². The fourth-order valence-corrected chi connectivity index (χ4v) is 2.90. The van der Waals surface area contributed by atoms with E-state index >= 15 is 0 Å². The van der Waals surface area contributed by atoms with Gasteiger partial charge in [-0.25, -0.2) is 0 Å². The van der Waals surface area contributed by atoms with Crippen molar-refractivity contribution in [2.45, 2.75) is 20.4 Å². The van der Waals surface area contributed by atoms with Crippen LogP contribution in [0.15, 0.2) is 42.5 Å². The number of ether oxygens (including phenoxy) is 1. The first-order valence-electron chi connectivity index (χ1n) is 8.96. The first-order valence-corrected chi connectivity index (χ1v) is 8.96. The molecule has 0 aromatic heterocycles. The normalized spacial score (nSPS) is 11.6. The molecule has 0 heterocycles. The molecule has 27 heavy (non-hydrogen) atoms. The Kier molecular flexibility index (Phi) is 7.37. The van der Waals surface area contributed by atoms with Gasteiger partial charge in [0.05, 0.1) is 20.7 Å². The number of hydrogen-bond donors (Lipinski definition) is 3. The first-order chi connectivity index (χ1) is 12.9. The highest BCUT2D eigenvalue weighted by Gasteiger charge is 2.13. The largest absolute Gasteiger partial charge is 0.497 e. The van der Waals surface area contributed by atoms with Gasteiger partial charge < -0.3 is 20.3 Å². The summed E-state index contributed by atoms with van der Waals surface area (Å²) in [4.78, 5) is 25.3. The summed E-state index contributed by atoms with van der Waals surface area (Å²) in [5.41, 5.74) is 3.89. The predicted molar refractivity (Wildman–Crippen MR) is 106 cm³/mol. The molecule has 2 rings (SSSR count). The van der Waals surface area contributed by atoms with Crippen LogP contribution >= 0.6 is 0 Å². The second-order valence-electron chi connectivity index (χ2n) is 6.75. The topological polar surface area (TPSA) is 71.9 Å². The van der Waals surface area contributed by atoms with Crippen molar-refractivity contribution in [1.82, 2.24) is 5.32 Å². The summed E-state index contributed by atoms with van der Waals surface area (Å²) < 4.78 is 5.22. The zero-order chi connectivity index (χ0) is 19.8. The van der Waals surface area contributed by atoms with Crippen LogP contribution in [0, 0.1) is 13.8 Å². The highest BCUT2D eigenvalue weighted by molar-refractivity contribution is 5.95. The van der Waals surface area contributed by atoms with Gasteiger partial charge in [-0.3, -0.25) is 9.59 Å². The summed E-state index contributed by atoms with van der Waals surface area (Å²) in [5.74, 6) is 0.408. The van der Waals surface area contributed by atoms with Crippen LogP contribution in [0.25, 0.3) is 0 Å². The number of anilines is 1. The van der Waals surface area contributed by atoms with E-state index in [0.29, 0.717) is 6.54 Å². The number of methoxy groups -OCH3 is 1. The molecule has 1 atom stereocenters. The van der Waals surface area contributed by atoms with Crippen LogP contribution in [-0.4, -0.2) is 39.1 Å². The Hall–Kier alpha value is -2.86. The minimum absolute atomic E-state index is 0.0426. The number of carbonyl (C=O) groups excluding carboxylic acids is 2. The Bertz CT molecular complexity index is 785. The number of quaternary nitrogens is 1. The SMILES string of the molecule is COc1cccc(C[NH+](C)CC(=O)NCC(=O)Nc2c(C)cccc2C)c1. The smallest absolute Gasteiger partial charge is 0.275 e. The molecule has 0 bridgehead atoms. The lowest BCUT2D eigenvalue weighted by molar-refractivity contribution is -0.885. The van der Waals surface area contributed by atoms with E-state index in [-0.39, 0.29) is 24.9 Å². The lowest BCUT2D eigenvalue weighted by Crippen LogP contribution is -3.08. The van der Waals surface area contributed by atoms with E-state index in [4.69, 9.17) is 4.74 Å². The number of likely N-dealkylation sites (N-methyl/N-ethyl adjacent to an activating group) is 1. The Morgan fingerprint density at radius 3 is 2.37 bits per heavy atom. The predicted octanol–water partition coefficient (Wildman–Crippen LogP) is 1.08. The third-order valence-corrected chi connectivity index (χ3v) is 4.29. The summed E-state index contributed by atoms with van der Waals surface area (Å²) >= 11 is 0. The van der Waals surface area contributed by atoms with Crippen LogP contribution in [0.2, 0.25) is 0 Å². The lowest BCUT2D eigenvalue weighted by atomic mass is 10.1. The van der Waals surface area contributed by atoms with Crippen LogP contribution in [0.3, 0.4) is 0 Å². The summed E-state index contributed by atoms with van der Waals surface area (Å²) in [6.45, 7) is 4.82. The van der Waals surface area contributed by atoms with Crippen molar-refractivity contribution in [3.05, 3.63) is 59.2 Å². The Morgan fingerprint density at radius 1 is 1.04 bits per heavy atom. The number of benzene rings is 2. The Balaban J connectivity index is 1.78. The highest BCUT2D eigenvalue weighted by Crippen LogP contribution is 2.18. The summed E-state index contributed by atoms with van der Waals surface area (Å²) in [5, 5.41) is 5.55. The van der Waals surface area contributed by atoms with Crippen molar-refractivity contribution in [2.75, 3.05) is 32.6 Å². The zero-order valence-corrected chi connectivity index (χ0v) is 16.4. The van der Waals surface area contributed by atoms with Gasteiger partial charge in [0.25, 0.3) is 5.91 Å². The molecule has 2 aromatic carbocycles. The van der Waals surface area contributed by atoms with Gasteiger partial charge in [0.15, 0.2) is 6.54 Å². The molecule has 3 N–H and O–H groups in total. The molecule has 0 aliphatic heterocycles. The molecule has 0 fully saturated rings. The molecular formula is C21H28N3O3+. The minimum atomic E-state index is -0.230. The van der Waals surface area contributed by atoms with Crippen molar-refractivity contribution in [3.63, 3.8) is 0 Å². The summed E-state index contributed by atoms with van der Waals surface area (Å²) in [6, 6.07) is 13.6. The second-order valence-corrected chi connectivity index (χ2v) is 6.75. The van der Waals surface area contributed by atoms with E-state index < -0.39 is 0 Å². The highest BCUT2D eigenvalue weighted by atomic mass is 16.5. The zero-order valence-electron chi connectivity index (χ0n) is 16.4. The van der Waals surface area contributed by atoms with Crippen LogP contribution in [0.5, 0.6) is 5.75 Å². The number of amides is 2.